The van der Waals surface area contributed by atoms with Crippen LogP contribution in [0.2, 0.25) is 0 Å². The first-order chi connectivity index (χ1) is 6.62. The molecule has 0 aromatic heterocycles. The van der Waals surface area contributed by atoms with E-state index < -0.39 is 0 Å². The molecule has 88 valence electrons. The van der Waals surface area contributed by atoms with Gasteiger partial charge in [-0.05, 0) is 31.1 Å². The minimum absolute atomic E-state index is 0.345. The van der Waals surface area contributed by atoms with Crippen LogP contribution in [0.25, 0.3) is 0 Å². The van der Waals surface area contributed by atoms with E-state index in [0.29, 0.717) is 10.8 Å². The zero-order valence-electron chi connectivity index (χ0n) is 11.7. The summed E-state index contributed by atoms with van der Waals surface area (Å²) in [4.78, 5) is 0. The van der Waals surface area contributed by atoms with Crippen molar-refractivity contribution in [1.29, 1.82) is 0 Å². The SMILES string of the molecule is C=C(C)/C=C(\C)CC(C)(C)C(C)(C)CC. The zero-order chi connectivity index (χ0) is 12.3. The highest BCUT2D eigenvalue weighted by molar-refractivity contribution is 5.18. The van der Waals surface area contributed by atoms with Gasteiger partial charge in [-0.2, -0.15) is 0 Å². The van der Waals surface area contributed by atoms with Gasteiger partial charge < -0.3 is 0 Å². The van der Waals surface area contributed by atoms with Gasteiger partial charge in [0.25, 0.3) is 0 Å². The summed E-state index contributed by atoms with van der Waals surface area (Å²) in [5, 5.41) is 0. The summed E-state index contributed by atoms with van der Waals surface area (Å²) >= 11 is 0. The summed E-state index contributed by atoms with van der Waals surface area (Å²) < 4.78 is 0. The molecule has 0 spiro atoms. The fraction of sp³-hybridized carbons (Fsp3) is 0.733. The molecule has 0 aromatic rings. The molecule has 0 heterocycles. The number of hydrogen-bond acceptors (Lipinski definition) is 0. The molecule has 0 radical (unpaired) electrons. The van der Waals surface area contributed by atoms with E-state index in [1.807, 2.05) is 0 Å². The molecule has 0 unspecified atom stereocenters. The molecule has 0 atom stereocenters. The Bertz CT molecular complexity index is 251. The topological polar surface area (TPSA) is 0 Å². The smallest absolute Gasteiger partial charge is 0.0263 e. The van der Waals surface area contributed by atoms with Crippen molar-refractivity contribution in [2.24, 2.45) is 10.8 Å². The minimum atomic E-state index is 0.345. The second-order valence-corrected chi connectivity index (χ2v) is 6.14. The summed E-state index contributed by atoms with van der Waals surface area (Å²) in [6.07, 6.45) is 4.58. The van der Waals surface area contributed by atoms with E-state index in [2.05, 4.69) is 61.1 Å². The van der Waals surface area contributed by atoms with Crippen molar-refractivity contribution in [2.75, 3.05) is 0 Å². The van der Waals surface area contributed by atoms with Crippen molar-refractivity contribution in [1.82, 2.24) is 0 Å². The van der Waals surface area contributed by atoms with Gasteiger partial charge in [0, 0.05) is 0 Å². The van der Waals surface area contributed by atoms with Crippen LogP contribution in [0.4, 0.5) is 0 Å². The van der Waals surface area contributed by atoms with Crippen molar-refractivity contribution >= 4 is 0 Å². The lowest BCUT2D eigenvalue weighted by Crippen LogP contribution is -2.32. The van der Waals surface area contributed by atoms with Crippen LogP contribution in [-0.2, 0) is 0 Å². The van der Waals surface area contributed by atoms with Gasteiger partial charge >= 0.3 is 0 Å². The highest BCUT2D eigenvalue weighted by Gasteiger charge is 2.35. The molecule has 0 aliphatic heterocycles. The molecule has 0 saturated heterocycles. The number of allylic oxidation sites excluding steroid dienone is 3. The third-order valence-electron chi connectivity index (χ3n) is 3.93. The van der Waals surface area contributed by atoms with Crippen LogP contribution in [0.3, 0.4) is 0 Å². The van der Waals surface area contributed by atoms with Crippen LogP contribution in [0.5, 0.6) is 0 Å². The molecule has 0 bridgehead atoms. The van der Waals surface area contributed by atoms with Gasteiger partial charge in [0.15, 0.2) is 0 Å². The second-order valence-electron chi connectivity index (χ2n) is 6.14. The third kappa shape index (κ3) is 4.24. The van der Waals surface area contributed by atoms with E-state index in [-0.39, 0.29) is 0 Å². The lowest BCUT2D eigenvalue weighted by Gasteiger charge is -2.41. The van der Waals surface area contributed by atoms with Crippen LogP contribution in [0.15, 0.2) is 23.8 Å². The Kier molecular flexibility index (Phi) is 4.83. The molecular weight excluding hydrogens is 180 g/mol. The maximum Gasteiger partial charge on any atom is -0.0263 e. The Hall–Kier alpha value is -0.520. The van der Waals surface area contributed by atoms with Crippen LogP contribution in [-0.4, -0.2) is 0 Å². The van der Waals surface area contributed by atoms with E-state index in [0.717, 1.165) is 12.0 Å². The lowest BCUT2D eigenvalue weighted by molar-refractivity contribution is 0.105. The lowest BCUT2D eigenvalue weighted by atomic mass is 9.63. The van der Waals surface area contributed by atoms with Crippen molar-refractivity contribution in [3.63, 3.8) is 0 Å². The van der Waals surface area contributed by atoms with Crippen LogP contribution in [0, 0.1) is 10.8 Å². The molecule has 0 N–H and O–H groups in total. The predicted molar refractivity (Wildman–Crippen MR) is 71.0 cm³/mol. The van der Waals surface area contributed by atoms with E-state index in [1.165, 1.54) is 12.0 Å². The third-order valence-corrected chi connectivity index (χ3v) is 3.93. The molecule has 0 nitrogen and oxygen atoms in total. The highest BCUT2D eigenvalue weighted by Crippen LogP contribution is 2.45. The first kappa shape index (κ1) is 14.5. The molecule has 0 heteroatoms. The zero-order valence-corrected chi connectivity index (χ0v) is 11.7. The Morgan fingerprint density at radius 2 is 1.53 bits per heavy atom. The van der Waals surface area contributed by atoms with Gasteiger partial charge in [-0.1, -0.05) is 64.8 Å². The van der Waals surface area contributed by atoms with E-state index in [1.54, 1.807) is 0 Å². The second kappa shape index (κ2) is 5.01. The molecule has 0 amide bonds. The maximum atomic E-state index is 3.93. The van der Waals surface area contributed by atoms with Gasteiger partial charge in [0.1, 0.15) is 0 Å². The maximum absolute atomic E-state index is 3.93. The van der Waals surface area contributed by atoms with E-state index in [9.17, 15) is 0 Å². The van der Waals surface area contributed by atoms with Crippen LogP contribution in [0.1, 0.15) is 61.3 Å². The fourth-order valence-corrected chi connectivity index (χ4v) is 1.89. The average Bonchev–Trinajstić information content (AvgIpc) is 2.00. The summed E-state index contributed by atoms with van der Waals surface area (Å²) in [6, 6.07) is 0. The Morgan fingerprint density at radius 1 is 1.07 bits per heavy atom. The summed E-state index contributed by atoms with van der Waals surface area (Å²) in [7, 11) is 0. The van der Waals surface area contributed by atoms with Gasteiger partial charge in [0.05, 0.1) is 0 Å². The Balaban J connectivity index is 4.72. The quantitative estimate of drug-likeness (QED) is 0.533. The van der Waals surface area contributed by atoms with Crippen LogP contribution < -0.4 is 0 Å². The summed E-state index contributed by atoms with van der Waals surface area (Å²) in [6.45, 7) is 19.9. The monoisotopic (exact) mass is 208 g/mol. The molecule has 0 aliphatic rings. The molecule has 0 aromatic carbocycles. The first-order valence-corrected chi connectivity index (χ1v) is 5.95. The largest absolute Gasteiger partial charge is 0.0961 e. The van der Waals surface area contributed by atoms with Gasteiger partial charge in [0.2, 0.25) is 0 Å². The van der Waals surface area contributed by atoms with Crippen LogP contribution >= 0.6 is 0 Å². The Morgan fingerprint density at radius 3 is 1.87 bits per heavy atom. The van der Waals surface area contributed by atoms with Gasteiger partial charge in [-0.25, -0.2) is 0 Å². The molecule has 0 fully saturated rings. The molecular formula is C15H28. The van der Waals surface area contributed by atoms with Crippen molar-refractivity contribution < 1.29 is 0 Å². The van der Waals surface area contributed by atoms with Crippen molar-refractivity contribution in [2.45, 2.75) is 61.3 Å². The molecule has 0 rings (SSSR count). The predicted octanol–water partition coefficient (Wildman–Crippen LogP) is 5.36. The van der Waals surface area contributed by atoms with Gasteiger partial charge in [-0.15, -0.1) is 0 Å². The number of rotatable bonds is 5. The van der Waals surface area contributed by atoms with Gasteiger partial charge in [-0.3, -0.25) is 0 Å². The normalized spacial score (nSPS) is 14.2. The first-order valence-electron chi connectivity index (χ1n) is 5.95. The highest BCUT2D eigenvalue weighted by atomic mass is 14.4. The Labute approximate surface area is 96.5 Å². The molecule has 0 aliphatic carbocycles. The summed E-state index contributed by atoms with van der Waals surface area (Å²) in [5.74, 6) is 0. The molecule has 0 saturated carbocycles. The average molecular weight is 208 g/mol. The number of hydrogen-bond donors (Lipinski definition) is 0. The fourth-order valence-electron chi connectivity index (χ4n) is 1.89. The molecule has 15 heavy (non-hydrogen) atoms. The standard InChI is InChI=1S/C15H28/c1-9-14(5,6)15(7,8)11-13(4)10-12(2)3/h10H,2,9,11H2,1,3-8H3/b13-10+. The minimum Gasteiger partial charge on any atom is -0.0961 e. The van der Waals surface area contributed by atoms with Crippen molar-refractivity contribution in [3.05, 3.63) is 23.8 Å². The van der Waals surface area contributed by atoms with Crippen molar-refractivity contribution in [3.8, 4) is 0 Å². The summed E-state index contributed by atoms with van der Waals surface area (Å²) in [5.41, 5.74) is 3.32. The van der Waals surface area contributed by atoms with E-state index in [4.69, 9.17) is 0 Å². The van der Waals surface area contributed by atoms with E-state index >= 15 is 0 Å².